The maximum atomic E-state index is 13.1. The van der Waals surface area contributed by atoms with E-state index in [9.17, 15) is 9.18 Å². The number of hydrogen-bond donors (Lipinski definition) is 1. The average Bonchev–Trinajstić information content (AvgIpc) is 2.51. The lowest BCUT2D eigenvalue weighted by Crippen LogP contribution is -2.30. The van der Waals surface area contributed by atoms with Gasteiger partial charge in [0.15, 0.2) is 6.10 Å². The first-order chi connectivity index (χ1) is 10.9. The molecule has 0 fully saturated rings. The molecule has 0 bridgehead atoms. The molecule has 6 heteroatoms. The first kappa shape index (κ1) is 17.1. The standard InChI is InChI=1S/C17H17ClFNO3/c1-10-4-7-16(22-3)15(8-10)20-17(21)11(2)23-12-5-6-14(19)13(18)9-12/h4-9,11H,1-3H3,(H,20,21). The predicted octanol–water partition coefficient (Wildman–Crippen LogP) is 4.20. The number of rotatable bonds is 5. The lowest BCUT2D eigenvalue weighted by molar-refractivity contribution is -0.122. The van der Waals surface area contributed by atoms with E-state index < -0.39 is 11.9 Å². The first-order valence-electron chi connectivity index (χ1n) is 6.98. The van der Waals surface area contributed by atoms with Crippen LogP contribution in [-0.2, 0) is 4.79 Å². The second-order valence-electron chi connectivity index (χ2n) is 5.03. The highest BCUT2D eigenvalue weighted by Crippen LogP contribution is 2.26. The van der Waals surface area contributed by atoms with E-state index in [1.165, 1.54) is 25.3 Å². The fourth-order valence-corrected chi connectivity index (χ4v) is 2.13. The summed E-state index contributed by atoms with van der Waals surface area (Å²) in [5.74, 6) is -0.0220. The van der Waals surface area contributed by atoms with Crippen molar-refractivity contribution in [3.05, 3.63) is 52.8 Å². The minimum absolute atomic E-state index is 0.0598. The van der Waals surface area contributed by atoms with E-state index in [0.29, 0.717) is 17.2 Å². The van der Waals surface area contributed by atoms with E-state index >= 15 is 0 Å². The molecule has 2 aromatic carbocycles. The van der Waals surface area contributed by atoms with Crippen molar-refractivity contribution < 1.29 is 18.7 Å². The van der Waals surface area contributed by atoms with Gasteiger partial charge in [-0.1, -0.05) is 17.7 Å². The zero-order valence-electron chi connectivity index (χ0n) is 13.0. The number of methoxy groups -OCH3 is 1. The molecule has 23 heavy (non-hydrogen) atoms. The van der Waals surface area contributed by atoms with Gasteiger partial charge in [0.25, 0.3) is 5.91 Å². The number of halogens is 2. The summed E-state index contributed by atoms with van der Waals surface area (Å²) in [4.78, 5) is 12.2. The van der Waals surface area contributed by atoms with Crippen LogP contribution in [0.2, 0.25) is 5.02 Å². The highest BCUT2D eigenvalue weighted by atomic mass is 35.5. The highest BCUT2D eigenvalue weighted by molar-refractivity contribution is 6.30. The molecule has 0 radical (unpaired) electrons. The van der Waals surface area contributed by atoms with Crippen molar-refractivity contribution in [3.63, 3.8) is 0 Å². The fraction of sp³-hybridized carbons (Fsp3) is 0.235. The SMILES string of the molecule is COc1ccc(C)cc1NC(=O)C(C)Oc1ccc(F)c(Cl)c1. The summed E-state index contributed by atoms with van der Waals surface area (Å²) < 4.78 is 23.8. The van der Waals surface area contributed by atoms with E-state index in [4.69, 9.17) is 21.1 Å². The molecule has 0 aromatic heterocycles. The van der Waals surface area contributed by atoms with Crippen molar-refractivity contribution in [2.24, 2.45) is 0 Å². The van der Waals surface area contributed by atoms with Crippen LogP contribution in [0.25, 0.3) is 0 Å². The quantitative estimate of drug-likeness (QED) is 0.889. The summed E-state index contributed by atoms with van der Waals surface area (Å²) in [7, 11) is 1.53. The van der Waals surface area contributed by atoms with E-state index in [-0.39, 0.29) is 10.9 Å². The van der Waals surface area contributed by atoms with Gasteiger partial charge in [-0.3, -0.25) is 4.79 Å². The monoisotopic (exact) mass is 337 g/mol. The number of anilines is 1. The van der Waals surface area contributed by atoms with Crippen molar-refractivity contribution >= 4 is 23.2 Å². The Morgan fingerprint density at radius 3 is 2.65 bits per heavy atom. The zero-order valence-corrected chi connectivity index (χ0v) is 13.8. The molecule has 1 amide bonds. The topological polar surface area (TPSA) is 47.6 Å². The van der Waals surface area contributed by atoms with Crippen molar-refractivity contribution in [2.75, 3.05) is 12.4 Å². The van der Waals surface area contributed by atoms with Crippen LogP contribution < -0.4 is 14.8 Å². The summed E-state index contributed by atoms with van der Waals surface area (Å²) >= 11 is 5.69. The van der Waals surface area contributed by atoms with Gasteiger partial charge >= 0.3 is 0 Å². The number of amides is 1. The molecule has 2 rings (SSSR count). The molecular weight excluding hydrogens is 321 g/mol. The largest absolute Gasteiger partial charge is 0.495 e. The van der Waals surface area contributed by atoms with Crippen LogP contribution in [0.15, 0.2) is 36.4 Å². The van der Waals surface area contributed by atoms with Gasteiger partial charge in [0.1, 0.15) is 17.3 Å². The van der Waals surface area contributed by atoms with E-state index in [1.807, 2.05) is 13.0 Å². The van der Waals surface area contributed by atoms with Crippen LogP contribution in [-0.4, -0.2) is 19.1 Å². The predicted molar refractivity (Wildman–Crippen MR) is 87.9 cm³/mol. The number of aryl methyl sites for hydroxylation is 1. The highest BCUT2D eigenvalue weighted by Gasteiger charge is 2.17. The lowest BCUT2D eigenvalue weighted by atomic mass is 10.2. The fourth-order valence-electron chi connectivity index (χ4n) is 1.96. The van der Waals surface area contributed by atoms with Gasteiger partial charge in [0.05, 0.1) is 17.8 Å². The molecule has 0 aliphatic carbocycles. The lowest BCUT2D eigenvalue weighted by Gasteiger charge is -2.16. The van der Waals surface area contributed by atoms with Gasteiger partial charge in [-0.25, -0.2) is 4.39 Å². The molecule has 0 saturated carbocycles. The van der Waals surface area contributed by atoms with Gasteiger partial charge in [0, 0.05) is 6.07 Å². The number of carbonyl (C=O) groups excluding carboxylic acids is 1. The Balaban J connectivity index is 2.08. The molecule has 2 aromatic rings. The third kappa shape index (κ3) is 4.36. The Morgan fingerprint density at radius 2 is 2.00 bits per heavy atom. The Kier molecular flexibility index (Phi) is 5.45. The van der Waals surface area contributed by atoms with Gasteiger partial charge in [-0.05, 0) is 43.7 Å². The normalized spacial score (nSPS) is 11.7. The number of benzene rings is 2. The van der Waals surface area contributed by atoms with Crippen molar-refractivity contribution in [1.29, 1.82) is 0 Å². The molecule has 0 aliphatic heterocycles. The van der Waals surface area contributed by atoms with E-state index in [0.717, 1.165) is 5.56 Å². The molecule has 1 unspecified atom stereocenters. The average molecular weight is 338 g/mol. The second kappa shape index (κ2) is 7.33. The maximum Gasteiger partial charge on any atom is 0.265 e. The molecule has 0 saturated heterocycles. The van der Waals surface area contributed by atoms with E-state index in [2.05, 4.69) is 5.32 Å². The third-order valence-electron chi connectivity index (χ3n) is 3.19. The van der Waals surface area contributed by atoms with Gasteiger partial charge < -0.3 is 14.8 Å². The number of nitrogens with one attached hydrogen (secondary N) is 1. The van der Waals surface area contributed by atoms with Crippen LogP contribution in [0.3, 0.4) is 0 Å². The van der Waals surface area contributed by atoms with Crippen LogP contribution in [0.4, 0.5) is 10.1 Å². The maximum absolute atomic E-state index is 13.1. The minimum atomic E-state index is -0.790. The Morgan fingerprint density at radius 1 is 1.26 bits per heavy atom. The molecule has 1 atom stereocenters. The van der Waals surface area contributed by atoms with Crippen LogP contribution in [0, 0.1) is 12.7 Å². The second-order valence-corrected chi connectivity index (χ2v) is 5.44. The Hall–Kier alpha value is -2.27. The summed E-state index contributed by atoms with van der Waals surface area (Å²) in [6.07, 6.45) is -0.790. The zero-order chi connectivity index (χ0) is 17.0. The molecule has 0 aliphatic rings. The van der Waals surface area contributed by atoms with E-state index in [1.54, 1.807) is 19.1 Å². The minimum Gasteiger partial charge on any atom is -0.495 e. The summed E-state index contributed by atoms with van der Waals surface area (Å²) in [6, 6.07) is 9.39. The number of hydrogen-bond acceptors (Lipinski definition) is 3. The molecular formula is C17H17ClFNO3. The molecule has 4 nitrogen and oxygen atoms in total. The third-order valence-corrected chi connectivity index (χ3v) is 3.48. The Labute approximate surface area is 139 Å². The van der Waals surface area contributed by atoms with Crippen molar-refractivity contribution in [3.8, 4) is 11.5 Å². The number of ether oxygens (including phenoxy) is 2. The van der Waals surface area contributed by atoms with Crippen molar-refractivity contribution in [2.45, 2.75) is 20.0 Å². The number of carbonyl (C=O) groups is 1. The van der Waals surface area contributed by atoms with Crippen LogP contribution in [0.1, 0.15) is 12.5 Å². The smallest absolute Gasteiger partial charge is 0.265 e. The van der Waals surface area contributed by atoms with Gasteiger partial charge in [-0.2, -0.15) is 0 Å². The summed E-state index contributed by atoms with van der Waals surface area (Å²) in [5.41, 5.74) is 1.55. The van der Waals surface area contributed by atoms with Gasteiger partial charge in [0.2, 0.25) is 0 Å². The molecule has 122 valence electrons. The van der Waals surface area contributed by atoms with Gasteiger partial charge in [-0.15, -0.1) is 0 Å². The summed E-state index contributed by atoms with van der Waals surface area (Å²) in [6.45, 7) is 3.50. The molecule has 0 heterocycles. The Bertz CT molecular complexity index is 721. The van der Waals surface area contributed by atoms with Crippen molar-refractivity contribution in [1.82, 2.24) is 0 Å². The molecule has 0 spiro atoms. The summed E-state index contributed by atoms with van der Waals surface area (Å²) in [5, 5.41) is 2.69. The van der Waals surface area contributed by atoms with Crippen LogP contribution in [0.5, 0.6) is 11.5 Å². The first-order valence-corrected chi connectivity index (χ1v) is 7.35. The van der Waals surface area contributed by atoms with Crippen LogP contribution >= 0.6 is 11.6 Å². The molecule has 1 N–H and O–H groups in total.